The minimum Gasteiger partial charge on any atom is -0.474 e. The highest BCUT2D eigenvalue weighted by Gasteiger charge is 2.49. The van der Waals surface area contributed by atoms with Crippen LogP contribution in [0.4, 0.5) is 13.2 Å². The Morgan fingerprint density at radius 1 is 1.13 bits per heavy atom. The quantitative estimate of drug-likeness (QED) is 0.139. The minimum absolute atomic E-state index is 0.0437. The number of rotatable bonds is 11. The number of aromatic nitrogens is 7. The molecular formula is C32H40F3N9O2Si. The summed E-state index contributed by atoms with van der Waals surface area (Å²) in [4.78, 5) is 18.6. The molecule has 0 aromatic carbocycles. The lowest BCUT2D eigenvalue weighted by molar-refractivity contribution is -0.145. The van der Waals surface area contributed by atoms with Gasteiger partial charge in [0.15, 0.2) is 0 Å². The third kappa shape index (κ3) is 7.34. The van der Waals surface area contributed by atoms with E-state index in [2.05, 4.69) is 50.5 Å². The number of alkyl halides is 3. The Bertz CT molecular complexity index is 1750. The van der Waals surface area contributed by atoms with Crippen LogP contribution in [0.25, 0.3) is 22.3 Å². The van der Waals surface area contributed by atoms with Gasteiger partial charge in [0.1, 0.15) is 24.8 Å². The van der Waals surface area contributed by atoms with Gasteiger partial charge in [-0.25, -0.2) is 15.0 Å². The fourth-order valence-corrected chi connectivity index (χ4v) is 7.23. The number of hydrogen-bond donors (Lipinski definition) is 0. The standard InChI is InChI=1S/C32H40F3N9O2Si/c1-22-15-27(41-30(40-22)32(33,34)35)46-25-5-10-42(11-6-25)24-16-31(17-24,8-9-36)44-19-23(18-39-44)28-26-7-12-43(29(26)38-20-37-28)21-45-13-14-47(2,3)4/h7,12,15,18-20,24-25H,5-6,8,10-11,13-14,16-17,21H2,1-4H3. The zero-order chi connectivity index (χ0) is 33.4. The summed E-state index contributed by atoms with van der Waals surface area (Å²) < 4.78 is 55.2. The van der Waals surface area contributed by atoms with E-state index in [1.54, 1.807) is 12.5 Å². The first-order valence-corrected chi connectivity index (χ1v) is 19.7. The van der Waals surface area contributed by atoms with Gasteiger partial charge in [0.2, 0.25) is 11.7 Å². The van der Waals surface area contributed by atoms with Gasteiger partial charge in [-0.05, 0) is 44.7 Å². The van der Waals surface area contributed by atoms with E-state index in [0.29, 0.717) is 26.0 Å². The lowest BCUT2D eigenvalue weighted by atomic mass is 9.69. The van der Waals surface area contributed by atoms with Crippen molar-refractivity contribution in [2.45, 2.75) is 95.3 Å². The number of hydrogen-bond acceptors (Lipinski definition) is 9. The molecule has 0 spiro atoms. The summed E-state index contributed by atoms with van der Waals surface area (Å²) in [5.41, 5.74) is 2.25. The molecule has 11 nitrogen and oxygen atoms in total. The van der Waals surface area contributed by atoms with Crippen LogP contribution in [0.1, 0.15) is 43.6 Å². The van der Waals surface area contributed by atoms with E-state index < -0.39 is 25.6 Å². The van der Waals surface area contributed by atoms with Crippen LogP contribution in [-0.4, -0.2) is 79.1 Å². The second-order valence-electron chi connectivity index (χ2n) is 13.9. The molecule has 6 rings (SSSR count). The van der Waals surface area contributed by atoms with Gasteiger partial charge in [-0.2, -0.15) is 28.5 Å². The molecule has 4 aromatic rings. The first-order chi connectivity index (χ1) is 22.3. The maximum Gasteiger partial charge on any atom is 0.451 e. The fourth-order valence-electron chi connectivity index (χ4n) is 6.48. The van der Waals surface area contributed by atoms with Crippen molar-refractivity contribution in [1.82, 2.24) is 39.2 Å². The van der Waals surface area contributed by atoms with E-state index in [1.165, 1.54) is 13.0 Å². The summed E-state index contributed by atoms with van der Waals surface area (Å²) in [5, 5.41) is 15.4. The molecule has 2 aliphatic rings. The molecule has 4 aromatic heterocycles. The van der Waals surface area contributed by atoms with Crippen LogP contribution in [0, 0.1) is 18.3 Å². The van der Waals surface area contributed by atoms with E-state index in [4.69, 9.17) is 14.6 Å². The predicted octanol–water partition coefficient (Wildman–Crippen LogP) is 6.04. The topological polar surface area (TPSA) is 120 Å². The molecule has 0 N–H and O–H groups in total. The van der Waals surface area contributed by atoms with E-state index in [1.807, 2.05) is 27.7 Å². The molecule has 1 saturated carbocycles. The van der Waals surface area contributed by atoms with Crippen molar-refractivity contribution in [2.24, 2.45) is 0 Å². The Hall–Kier alpha value is -3.87. The van der Waals surface area contributed by atoms with Gasteiger partial charge in [0, 0.05) is 68.9 Å². The zero-order valence-electron chi connectivity index (χ0n) is 27.2. The molecule has 250 valence electrons. The predicted molar refractivity (Wildman–Crippen MR) is 171 cm³/mol. The molecule has 0 radical (unpaired) electrons. The molecule has 0 amide bonds. The van der Waals surface area contributed by atoms with Crippen LogP contribution in [0.5, 0.6) is 5.88 Å². The Labute approximate surface area is 272 Å². The normalized spacial score (nSPS) is 21.1. The van der Waals surface area contributed by atoms with Crippen LogP contribution in [0.2, 0.25) is 25.7 Å². The number of halogens is 3. The summed E-state index contributed by atoms with van der Waals surface area (Å²) in [6, 6.07) is 7.19. The van der Waals surface area contributed by atoms with Crippen LogP contribution >= 0.6 is 0 Å². The number of nitriles is 1. The van der Waals surface area contributed by atoms with E-state index in [0.717, 1.165) is 60.9 Å². The van der Waals surface area contributed by atoms with Gasteiger partial charge in [0.05, 0.1) is 29.9 Å². The van der Waals surface area contributed by atoms with Gasteiger partial charge < -0.3 is 14.0 Å². The Balaban J connectivity index is 1.08. The largest absolute Gasteiger partial charge is 0.474 e. The van der Waals surface area contributed by atoms with Gasteiger partial charge in [-0.1, -0.05) is 19.6 Å². The molecule has 1 aliphatic carbocycles. The summed E-state index contributed by atoms with van der Waals surface area (Å²) in [7, 11) is -1.17. The summed E-state index contributed by atoms with van der Waals surface area (Å²) >= 11 is 0. The van der Waals surface area contributed by atoms with Gasteiger partial charge in [-0.15, -0.1) is 0 Å². The third-order valence-electron chi connectivity index (χ3n) is 9.13. The average Bonchev–Trinajstić information content (AvgIpc) is 3.64. The molecule has 1 saturated heterocycles. The summed E-state index contributed by atoms with van der Waals surface area (Å²) in [6.45, 7) is 11.1. The van der Waals surface area contributed by atoms with E-state index in [-0.39, 0.29) is 23.7 Å². The van der Waals surface area contributed by atoms with Gasteiger partial charge >= 0.3 is 6.18 Å². The molecule has 2 fully saturated rings. The van der Waals surface area contributed by atoms with Crippen molar-refractivity contribution in [1.29, 1.82) is 5.26 Å². The van der Waals surface area contributed by atoms with Crippen molar-refractivity contribution in [3.8, 4) is 23.2 Å². The van der Waals surface area contributed by atoms with Crippen molar-refractivity contribution < 1.29 is 22.6 Å². The van der Waals surface area contributed by atoms with Crippen molar-refractivity contribution >= 4 is 19.1 Å². The molecule has 1 aliphatic heterocycles. The minimum atomic E-state index is -4.63. The second kappa shape index (κ2) is 13.0. The highest BCUT2D eigenvalue weighted by Crippen LogP contribution is 2.45. The fraction of sp³-hybridized carbons (Fsp3) is 0.562. The lowest BCUT2D eigenvalue weighted by Gasteiger charge is -2.52. The lowest BCUT2D eigenvalue weighted by Crippen LogP contribution is -2.58. The monoisotopic (exact) mass is 667 g/mol. The van der Waals surface area contributed by atoms with Gasteiger partial charge in [0.25, 0.3) is 0 Å². The number of nitrogens with zero attached hydrogens (tertiary/aromatic N) is 9. The molecular weight excluding hydrogens is 627 g/mol. The number of fused-ring (bicyclic) bond motifs is 1. The summed E-state index contributed by atoms with van der Waals surface area (Å²) in [6.07, 6.45) is 5.69. The second-order valence-corrected chi connectivity index (χ2v) is 19.5. The highest BCUT2D eigenvalue weighted by atomic mass is 28.3. The average molecular weight is 668 g/mol. The van der Waals surface area contributed by atoms with Gasteiger partial charge in [-0.3, -0.25) is 9.58 Å². The number of likely N-dealkylation sites (tertiary alicyclic amines) is 1. The first kappa shape index (κ1) is 33.0. The van der Waals surface area contributed by atoms with Crippen LogP contribution in [-0.2, 0) is 23.2 Å². The number of piperidine rings is 1. The SMILES string of the molecule is Cc1cc(OC2CCN(C3CC(CC#N)(n4cc(-c5ncnc6c5ccn6COCC[Si](C)(C)C)cn4)C3)CC2)nc(C(F)(F)F)n1. The maximum absolute atomic E-state index is 13.2. The van der Waals surface area contributed by atoms with Crippen LogP contribution in [0.15, 0.2) is 37.1 Å². The summed E-state index contributed by atoms with van der Waals surface area (Å²) in [5.74, 6) is -1.23. The Morgan fingerprint density at radius 3 is 2.60 bits per heavy atom. The molecule has 0 bridgehead atoms. The maximum atomic E-state index is 13.2. The molecule has 0 atom stereocenters. The first-order valence-electron chi connectivity index (χ1n) is 16.0. The Morgan fingerprint density at radius 2 is 1.89 bits per heavy atom. The van der Waals surface area contributed by atoms with E-state index >= 15 is 0 Å². The number of ether oxygens (including phenoxy) is 2. The highest BCUT2D eigenvalue weighted by molar-refractivity contribution is 6.76. The van der Waals surface area contributed by atoms with Crippen LogP contribution in [0.3, 0.4) is 0 Å². The zero-order valence-corrected chi connectivity index (χ0v) is 28.2. The van der Waals surface area contributed by atoms with E-state index in [9.17, 15) is 18.4 Å². The Kier molecular flexibility index (Phi) is 9.12. The van der Waals surface area contributed by atoms with Crippen LogP contribution < -0.4 is 4.74 Å². The molecule has 15 heteroatoms. The smallest absolute Gasteiger partial charge is 0.451 e. The third-order valence-corrected chi connectivity index (χ3v) is 10.8. The van der Waals surface area contributed by atoms with Crippen molar-refractivity contribution in [3.63, 3.8) is 0 Å². The molecule has 5 heterocycles. The molecule has 47 heavy (non-hydrogen) atoms. The molecule has 0 unspecified atom stereocenters. The van der Waals surface area contributed by atoms with Crippen molar-refractivity contribution in [2.75, 3.05) is 19.7 Å². The van der Waals surface area contributed by atoms with Crippen molar-refractivity contribution in [3.05, 3.63) is 48.6 Å². The number of aryl methyl sites for hydroxylation is 1.